The average molecular weight is 405 g/mol. The number of para-hydroxylation sites is 2. The minimum atomic E-state index is -0.509. The van der Waals surface area contributed by atoms with Crippen LogP contribution in [0.25, 0.3) is 11.0 Å². The van der Waals surface area contributed by atoms with Crippen LogP contribution < -0.4 is 10.1 Å². The first-order valence-electron chi connectivity index (χ1n) is 9.73. The van der Waals surface area contributed by atoms with Crippen LogP contribution in [0.15, 0.2) is 66.4 Å². The van der Waals surface area contributed by atoms with Gasteiger partial charge in [0.15, 0.2) is 11.5 Å². The van der Waals surface area contributed by atoms with Gasteiger partial charge in [0.25, 0.3) is 0 Å². The minimum absolute atomic E-state index is 0.0433. The second kappa shape index (κ2) is 7.94. The third-order valence-electron chi connectivity index (χ3n) is 4.98. The Morgan fingerprint density at radius 1 is 1.33 bits per heavy atom. The van der Waals surface area contributed by atoms with Gasteiger partial charge in [-0.2, -0.15) is 0 Å². The number of allylic oxidation sites excluding steroid dienone is 1. The summed E-state index contributed by atoms with van der Waals surface area (Å²) >= 11 is 0. The molecule has 0 saturated heterocycles. The van der Waals surface area contributed by atoms with E-state index < -0.39 is 12.0 Å². The van der Waals surface area contributed by atoms with Gasteiger partial charge in [-0.25, -0.2) is 9.78 Å². The fraction of sp³-hybridized carbons (Fsp3) is 0.217. The molecular formula is C23H23N3O4. The number of hydrogen-bond donors (Lipinski definition) is 2. The zero-order valence-corrected chi connectivity index (χ0v) is 16.9. The van der Waals surface area contributed by atoms with Crippen LogP contribution in [-0.4, -0.2) is 33.8 Å². The van der Waals surface area contributed by atoms with Crippen molar-refractivity contribution < 1.29 is 19.4 Å². The van der Waals surface area contributed by atoms with Gasteiger partial charge >= 0.3 is 5.97 Å². The highest BCUT2D eigenvalue weighted by Crippen LogP contribution is 2.41. The first-order valence-corrected chi connectivity index (χ1v) is 9.73. The van der Waals surface area contributed by atoms with E-state index in [1.165, 1.54) is 6.08 Å². The molecule has 30 heavy (non-hydrogen) atoms. The van der Waals surface area contributed by atoms with Gasteiger partial charge in [-0.15, -0.1) is 0 Å². The molecule has 0 spiro atoms. The summed E-state index contributed by atoms with van der Waals surface area (Å²) in [5.41, 5.74) is 3.57. The SMILES string of the molecule is C=CCOC(=O)C1=C(C)Nc2nc3ccccc3n2[C@H]1c1ccc(O)c(OCC)c1. The van der Waals surface area contributed by atoms with E-state index >= 15 is 0 Å². The maximum Gasteiger partial charge on any atom is 0.338 e. The number of nitrogens with one attached hydrogen (secondary N) is 1. The lowest BCUT2D eigenvalue weighted by atomic mass is 9.94. The summed E-state index contributed by atoms with van der Waals surface area (Å²) in [6.07, 6.45) is 1.53. The van der Waals surface area contributed by atoms with Crippen molar-refractivity contribution in [3.8, 4) is 11.5 Å². The Kier molecular flexibility index (Phi) is 5.18. The normalized spacial score (nSPS) is 15.5. The average Bonchev–Trinajstić information content (AvgIpc) is 3.10. The Balaban J connectivity index is 1.94. The molecule has 2 aromatic carbocycles. The predicted octanol–water partition coefficient (Wildman–Crippen LogP) is 4.16. The zero-order valence-electron chi connectivity index (χ0n) is 16.9. The first-order chi connectivity index (χ1) is 14.5. The molecule has 2 N–H and O–H groups in total. The summed E-state index contributed by atoms with van der Waals surface area (Å²) in [7, 11) is 0. The highest BCUT2D eigenvalue weighted by molar-refractivity contribution is 5.94. The van der Waals surface area contributed by atoms with E-state index in [1.54, 1.807) is 18.2 Å². The number of aromatic hydroxyl groups is 1. The number of fused-ring (bicyclic) bond motifs is 3. The topological polar surface area (TPSA) is 85.6 Å². The monoisotopic (exact) mass is 405 g/mol. The lowest BCUT2D eigenvalue weighted by Crippen LogP contribution is -2.29. The Morgan fingerprint density at radius 3 is 2.90 bits per heavy atom. The fourth-order valence-electron chi connectivity index (χ4n) is 3.73. The van der Waals surface area contributed by atoms with Crippen molar-refractivity contribution in [1.29, 1.82) is 0 Å². The zero-order chi connectivity index (χ0) is 21.3. The fourth-order valence-corrected chi connectivity index (χ4v) is 3.73. The van der Waals surface area contributed by atoms with Crippen LogP contribution in [0.3, 0.4) is 0 Å². The number of nitrogens with zero attached hydrogens (tertiary/aromatic N) is 2. The molecular weight excluding hydrogens is 382 g/mol. The van der Waals surface area contributed by atoms with E-state index in [-0.39, 0.29) is 12.4 Å². The molecule has 0 aliphatic carbocycles. The maximum absolute atomic E-state index is 13.0. The Labute approximate surface area is 174 Å². The number of carbonyl (C=O) groups is 1. The molecule has 0 amide bonds. The number of esters is 1. The Morgan fingerprint density at radius 2 is 2.13 bits per heavy atom. The Hall–Kier alpha value is -3.74. The van der Waals surface area contributed by atoms with E-state index in [0.29, 0.717) is 29.6 Å². The molecule has 0 unspecified atom stereocenters. The number of imidazole rings is 1. The standard InChI is InChI=1S/C23H23N3O4/c1-4-12-30-22(28)20-14(3)24-23-25-16-8-6-7-9-17(16)26(23)21(20)15-10-11-18(27)19(13-15)29-5-2/h4,6-11,13,21,27H,1,5,12H2,2-3H3,(H,24,25)/t21-/m0/s1. The molecule has 0 bridgehead atoms. The number of ether oxygens (including phenoxy) is 2. The van der Waals surface area contributed by atoms with E-state index in [9.17, 15) is 9.90 Å². The highest BCUT2D eigenvalue weighted by Gasteiger charge is 2.35. The van der Waals surface area contributed by atoms with Crippen LogP contribution in [0.2, 0.25) is 0 Å². The van der Waals surface area contributed by atoms with Crippen LogP contribution in [0.1, 0.15) is 25.5 Å². The second-order valence-corrected chi connectivity index (χ2v) is 6.91. The number of aromatic nitrogens is 2. The molecule has 1 aliphatic heterocycles. The molecule has 154 valence electrons. The van der Waals surface area contributed by atoms with Crippen molar-refractivity contribution in [2.45, 2.75) is 19.9 Å². The van der Waals surface area contributed by atoms with Gasteiger partial charge in [-0.05, 0) is 43.7 Å². The van der Waals surface area contributed by atoms with E-state index in [0.717, 1.165) is 16.6 Å². The number of carbonyl (C=O) groups excluding carboxylic acids is 1. The third kappa shape index (κ3) is 3.28. The highest BCUT2D eigenvalue weighted by atomic mass is 16.5. The lowest BCUT2D eigenvalue weighted by molar-refractivity contribution is -0.138. The lowest BCUT2D eigenvalue weighted by Gasteiger charge is -2.30. The van der Waals surface area contributed by atoms with Gasteiger partial charge in [0.05, 0.1) is 29.3 Å². The summed E-state index contributed by atoms with van der Waals surface area (Å²) in [4.78, 5) is 17.7. The third-order valence-corrected chi connectivity index (χ3v) is 4.98. The van der Waals surface area contributed by atoms with Crippen LogP contribution >= 0.6 is 0 Å². The van der Waals surface area contributed by atoms with Gasteiger partial charge < -0.3 is 19.9 Å². The molecule has 1 aromatic heterocycles. The molecule has 4 rings (SSSR count). The molecule has 7 nitrogen and oxygen atoms in total. The van der Waals surface area contributed by atoms with Crippen molar-refractivity contribution in [1.82, 2.24) is 9.55 Å². The maximum atomic E-state index is 13.0. The number of phenols is 1. The van der Waals surface area contributed by atoms with E-state index in [1.807, 2.05) is 42.7 Å². The van der Waals surface area contributed by atoms with E-state index in [4.69, 9.17) is 9.47 Å². The summed E-state index contributed by atoms with van der Waals surface area (Å²) < 4.78 is 12.9. The number of hydrogen-bond acceptors (Lipinski definition) is 6. The molecule has 0 radical (unpaired) electrons. The summed E-state index contributed by atoms with van der Waals surface area (Å²) in [6.45, 7) is 7.81. The van der Waals surface area contributed by atoms with Gasteiger partial charge in [-0.1, -0.05) is 30.9 Å². The minimum Gasteiger partial charge on any atom is -0.504 e. The Bertz CT molecular complexity index is 1160. The van der Waals surface area contributed by atoms with Gasteiger partial charge in [0, 0.05) is 5.70 Å². The molecule has 0 fully saturated rings. The van der Waals surface area contributed by atoms with Crippen LogP contribution in [0.5, 0.6) is 11.5 Å². The van der Waals surface area contributed by atoms with E-state index in [2.05, 4.69) is 16.9 Å². The van der Waals surface area contributed by atoms with Crippen molar-refractivity contribution in [3.63, 3.8) is 0 Å². The molecule has 7 heteroatoms. The molecule has 1 atom stereocenters. The molecule has 2 heterocycles. The molecule has 0 saturated carbocycles. The van der Waals surface area contributed by atoms with Gasteiger partial charge in [0.2, 0.25) is 5.95 Å². The quantitative estimate of drug-likeness (QED) is 0.473. The van der Waals surface area contributed by atoms with Crippen LogP contribution in [0, 0.1) is 0 Å². The van der Waals surface area contributed by atoms with Crippen molar-refractivity contribution in [2.75, 3.05) is 18.5 Å². The first kappa shape index (κ1) is 19.6. The van der Waals surface area contributed by atoms with Gasteiger partial charge in [-0.3, -0.25) is 4.57 Å². The van der Waals surface area contributed by atoms with Crippen LogP contribution in [-0.2, 0) is 9.53 Å². The van der Waals surface area contributed by atoms with Crippen molar-refractivity contribution in [2.24, 2.45) is 0 Å². The predicted molar refractivity (Wildman–Crippen MR) is 115 cm³/mol. The number of phenolic OH excluding ortho intramolecular Hbond substituents is 1. The molecule has 1 aliphatic rings. The second-order valence-electron chi connectivity index (χ2n) is 6.91. The smallest absolute Gasteiger partial charge is 0.338 e. The van der Waals surface area contributed by atoms with Crippen molar-refractivity contribution >= 4 is 23.0 Å². The van der Waals surface area contributed by atoms with Crippen LogP contribution in [0.4, 0.5) is 5.95 Å². The summed E-state index contributed by atoms with van der Waals surface area (Å²) in [6, 6.07) is 12.3. The number of anilines is 1. The van der Waals surface area contributed by atoms with Gasteiger partial charge in [0.1, 0.15) is 6.61 Å². The number of benzene rings is 2. The number of rotatable bonds is 6. The summed E-state index contributed by atoms with van der Waals surface area (Å²) in [5, 5.41) is 13.4. The van der Waals surface area contributed by atoms with Crippen molar-refractivity contribution in [3.05, 3.63) is 72.0 Å². The molecule has 3 aromatic rings. The summed E-state index contributed by atoms with van der Waals surface area (Å²) in [5.74, 6) is 0.585. The largest absolute Gasteiger partial charge is 0.504 e.